The maximum atomic E-state index is 13.0. The SMILES string of the molecule is NC1CCCC2CN(S(=O)(=O)c3ccc4ccccc4c3)CC12. The third-order valence-corrected chi connectivity index (χ3v) is 7.31. The molecule has 1 aliphatic carbocycles. The summed E-state index contributed by atoms with van der Waals surface area (Å²) in [5.74, 6) is 0.743. The van der Waals surface area contributed by atoms with Gasteiger partial charge < -0.3 is 5.73 Å². The number of nitrogens with two attached hydrogens (primary N) is 1. The standard InChI is InChI=1S/C18H22N2O2S/c19-18-7-3-6-15-11-20(12-17(15)18)23(21,22)16-9-8-13-4-1-2-5-14(13)10-16/h1-2,4-5,8-10,15,17-18H,3,6-7,11-12,19H2. The summed E-state index contributed by atoms with van der Waals surface area (Å²) in [6.07, 6.45) is 3.24. The van der Waals surface area contributed by atoms with Crippen LogP contribution in [0, 0.1) is 11.8 Å². The van der Waals surface area contributed by atoms with Gasteiger partial charge in [0.05, 0.1) is 4.90 Å². The molecule has 4 nitrogen and oxygen atoms in total. The van der Waals surface area contributed by atoms with E-state index in [2.05, 4.69) is 0 Å². The molecule has 0 radical (unpaired) electrons. The van der Waals surface area contributed by atoms with E-state index in [1.165, 1.54) is 0 Å². The van der Waals surface area contributed by atoms with Crippen LogP contribution >= 0.6 is 0 Å². The number of sulfonamides is 1. The highest BCUT2D eigenvalue weighted by molar-refractivity contribution is 7.89. The van der Waals surface area contributed by atoms with Crippen molar-refractivity contribution in [3.63, 3.8) is 0 Å². The Morgan fingerprint density at radius 3 is 2.57 bits per heavy atom. The highest BCUT2D eigenvalue weighted by Crippen LogP contribution is 2.38. The summed E-state index contributed by atoms with van der Waals surface area (Å²) in [6.45, 7) is 1.19. The number of nitrogens with zero attached hydrogens (tertiary/aromatic N) is 1. The minimum atomic E-state index is -3.43. The monoisotopic (exact) mass is 330 g/mol. The van der Waals surface area contributed by atoms with Gasteiger partial charge in [0.25, 0.3) is 0 Å². The maximum absolute atomic E-state index is 13.0. The molecular weight excluding hydrogens is 308 g/mol. The minimum absolute atomic E-state index is 0.144. The first kappa shape index (κ1) is 15.1. The second-order valence-corrected chi connectivity index (χ2v) is 8.79. The Labute approximate surface area is 137 Å². The maximum Gasteiger partial charge on any atom is 0.243 e. The second kappa shape index (κ2) is 5.58. The Hall–Kier alpha value is -1.43. The Kier molecular flexibility index (Phi) is 3.67. The summed E-state index contributed by atoms with van der Waals surface area (Å²) in [6, 6.07) is 13.4. The van der Waals surface area contributed by atoms with Gasteiger partial charge in [-0.2, -0.15) is 4.31 Å². The molecule has 2 aromatic carbocycles. The number of rotatable bonds is 2. The third kappa shape index (κ3) is 2.57. The lowest BCUT2D eigenvalue weighted by molar-refractivity contribution is 0.260. The average molecular weight is 330 g/mol. The van der Waals surface area contributed by atoms with Crippen LogP contribution in [0.3, 0.4) is 0 Å². The molecule has 3 unspecified atom stereocenters. The van der Waals surface area contributed by atoms with Gasteiger partial charge in [0.15, 0.2) is 0 Å². The highest BCUT2D eigenvalue weighted by Gasteiger charge is 2.43. The van der Waals surface area contributed by atoms with Gasteiger partial charge in [0, 0.05) is 19.1 Å². The molecule has 4 rings (SSSR count). The van der Waals surface area contributed by atoms with E-state index in [-0.39, 0.29) is 6.04 Å². The van der Waals surface area contributed by atoms with Crippen LogP contribution in [0.25, 0.3) is 10.8 Å². The van der Waals surface area contributed by atoms with Crippen LogP contribution in [0.5, 0.6) is 0 Å². The van der Waals surface area contributed by atoms with Gasteiger partial charge in [-0.3, -0.25) is 0 Å². The largest absolute Gasteiger partial charge is 0.327 e. The summed E-state index contributed by atoms with van der Waals surface area (Å²) in [7, 11) is -3.43. The molecule has 0 amide bonds. The van der Waals surface area contributed by atoms with Crippen molar-refractivity contribution in [2.45, 2.75) is 30.2 Å². The van der Waals surface area contributed by atoms with Crippen LogP contribution in [0.15, 0.2) is 47.4 Å². The van der Waals surface area contributed by atoms with Gasteiger partial charge in [-0.05, 0) is 47.6 Å². The van der Waals surface area contributed by atoms with Crippen LogP contribution in [-0.2, 0) is 10.0 Å². The predicted octanol–water partition coefficient (Wildman–Crippen LogP) is 2.59. The van der Waals surface area contributed by atoms with E-state index in [1.54, 1.807) is 16.4 Å². The Bertz CT molecular complexity index is 834. The Morgan fingerprint density at radius 1 is 1.00 bits per heavy atom. The molecule has 122 valence electrons. The van der Waals surface area contributed by atoms with E-state index < -0.39 is 10.0 Å². The molecule has 2 fully saturated rings. The van der Waals surface area contributed by atoms with E-state index in [0.29, 0.717) is 29.8 Å². The molecule has 2 aliphatic rings. The normalized spacial score (nSPS) is 28.8. The molecule has 3 atom stereocenters. The fraction of sp³-hybridized carbons (Fsp3) is 0.444. The zero-order valence-corrected chi connectivity index (χ0v) is 13.9. The first-order valence-electron chi connectivity index (χ1n) is 8.30. The van der Waals surface area contributed by atoms with Crippen molar-refractivity contribution in [3.8, 4) is 0 Å². The zero-order valence-electron chi connectivity index (χ0n) is 13.1. The molecule has 0 aromatic heterocycles. The highest BCUT2D eigenvalue weighted by atomic mass is 32.2. The van der Waals surface area contributed by atoms with Gasteiger partial charge in [0.1, 0.15) is 0 Å². The number of hydrogen-bond acceptors (Lipinski definition) is 3. The smallest absolute Gasteiger partial charge is 0.243 e. The second-order valence-electron chi connectivity index (χ2n) is 6.85. The molecule has 2 aromatic rings. The fourth-order valence-electron chi connectivity index (χ4n) is 4.15. The van der Waals surface area contributed by atoms with Crippen LogP contribution in [0.1, 0.15) is 19.3 Å². The quantitative estimate of drug-likeness (QED) is 0.920. The van der Waals surface area contributed by atoms with Crippen molar-refractivity contribution in [3.05, 3.63) is 42.5 Å². The van der Waals surface area contributed by atoms with Crippen molar-refractivity contribution in [1.29, 1.82) is 0 Å². The average Bonchev–Trinajstić information content (AvgIpc) is 3.01. The van der Waals surface area contributed by atoms with E-state index in [4.69, 9.17) is 5.73 Å². The molecule has 1 saturated heterocycles. The molecule has 1 aliphatic heterocycles. The lowest BCUT2D eigenvalue weighted by Gasteiger charge is -2.29. The van der Waals surface area contributed by atoms with Gasteiger partial charge in [-0.25, -0.2) is 8.42 Å². The van der Waals surface area contributed by atoms with Gasteiger partial charge in [0.2, 0.25) is 10.0 Å². The zero-order chi connectivity index (χ0) is 16.0. The predicted molar refractivity (Wildman–Crippen MR) is 91.5 cm³/mol. The van der Waals surface area contributed by atoms with Gasteiger partial charge in [-0.1, -0.05) is 36.8 Å². The van der Waals surface area contributed by atoms with Gasteiger partial charge in [-0.15, -0.1) is 0 Å². The number of hydrogen-bond donors (Lipinski definition) is 1. The lowest BCUT2D eigenvalue weighted by Crippen LogP contribution is -2.38. The van der Waals surface area contributed by atoms with Gasteiger partial charge >= 0.3 is 0 Å². The minimum Gasteiger partial charge on any atom is -0.327 e. The molecule has 1 saturated carbocycles. The molecule has 1 heterocycles. The first-order chi connectivity index (χ1) is 11.1. The summed E-state index contributed by atoms with van der Waals surface area (Å²) < 4.78 is 27.7. The molecule has 0 spiro atoms. The molecule has 23 heavy (non-hydrogen) atoms. The lowest BCUT2D eigenvalue weighted by atomic mass is 9.78. The Morgan fingerprint density at radius 2 is 1.78 bits per heavy atom. The van der Waals surface area contributed by atoms with E-state index >= 15 is 0 Å². The van der Waals surface area contributed by atoms with Crippen LogP contribution < -0.4 is 5.73 Å². The van der Waals surface area contributed by atoms with Crippen molar-refractivity contribution < 1.29 is 8.42 Å². The third-order valence-electron chi connectivity index (χ3n) is 5.48. The summed E-state index contributed by atoms with van der Waals surface area (Å²) in [4.78, 5) is 0.392. The summed E-state index contributed by atoms with van der Waals surface area (Å²) >= 11 is 0. The van der Waals surface area contributed by atoms with Crippen molar-refractivity contribution >= 4 is 20.8 Å². The molecule has 0 bridgehead atoms. The fourth-order valence-corrected chi connectivity index (χ4v) is 5.72. The first-order valence-corrected chi connectivity index (χ1v) is 9.74. The molecular formula is C18H22N2O2S. The van der Waals surface area contributed by atoms with E-state index in [1.807, 2.05) is 30.3 Å². The van der Waals surface area contributed by atoms with Crippen LogP contribution in [0.2, 0.25) is 0 Å². The molecule has 2 N–H and O–H groups in total. The van der Waals surface area contributed by atoms with Crippen molar-refractivity contribution in [2.24, 2.45) is 17.6 Å². The summed E-state index contributed by atoms with van der Waals surface area (Å²) in [5.41, 5.74) is 6.22. The number of benzene rings is 2. The summed E-state index contributed by atoms with van der Waals surface area (Å²) in [5, 5.41) is 2.02. The van der Waals surface area contributed by atoms with Crippen LogP contribution in [-0.4, -0.2) is 31.9 Å². The van der Waals surface area contributed by atoms with Crippen LogP contribution in [0.4, 0.5) is 0 Å². The topological polar surface area (TPSA) is 63.4 Å². The molecule has 5 heteroatoms. The Balaban J connectivity index is 1.67. The van der Waals surface area contributed by atoms with E-state index in [0.717, 1.165) is 30.0 Å². The number of fused-ring (bicyclic) bond motifs is 2. The van der Waals surface area contributed by atoms with Crippen molar-refractivity contribution in [2.75, 3.05) is 13.1 Å². The van der Waals surface area contributed by atoms with E-state index in [9.17, 15) is 8.42 Å². The van der Waals surface area contributed by atoms with Crippen molar-refractivity contribution in [1.82, 2.24) is 4.31 Å².